The van der Waals surface area contributed by atoms with Crippen LogP contribution in [0.25, 0.3) is 0 Å². The van der Waals surface area contributed by atoms with Crippen LogP contribution in [-0.2, 0) is 12.0 Å². The number of ether oxygens (including phenoxy) is 2. The van der Waals surface area contributed by atoms with Crippen LogP contribution in [0.1, 0.15) is 42.5 Å². The van der Waals surface area contributed by atoms with E-state index in [1.165, 1.54) is 5.56 Å². The molecule has 1 aromatic carbocycles. The van der Waals surface area contributed by atoms with E-state index in [1.807, 2.05) is 23.6 Å². The minimum Gasteiger partial charge on any atom is -0.490 e. The third-order valence-electron chi connectivity index (χ3n) is 4.23. The fourth-order valence-corrected chi connectivity index (χ4v) is 2.76. The number of nitrogens with two attached hydrogens (primary N) is 1. The first kappa shape index (κ1) is 16.4. The van der Waals surface area contributed by atoms with Crippen LogP contribution in [0.5, 0.6) is 11.8 Å². The molecule has 0 bridgehead atoms. The summed E-state index contributed by atoms with van der Waals surface area (Å²) in [6.45, 7) is 9.37. The molecule has 3 rings (SSSR count). The molecular weight excluding hydrogens is 306 g/mol. The lowest BCUT2D eigenvalue weighted by Gasteiger charge is -2.19. The van der Waals surface area contributed by atoms with Crippen LogP contribution < -0.4 is 15.2 Å². The molecule has 128 valence electrons. The molecule has 0 radical (unpaired) electrons. The van der Waals surface area contributed by atoms with Gasteiger partial charge in [0.1, 0.15) is 12.4 Å². The van der Waals surface area contributed by atoms with Crippen molar-refractivity contribution < 1.29 is 14.3 Å². The number of primary amides is 1. The van der Waals surface area contributed by atoms with E-state index in [2.05, 4.69) is 37.9 Å². The van der Waals surface area contributed by atoms with Gasteiger partial charge in [0.15, 0.2) is 11.8 Å². The molecule has 0 saturated carbocycles. The van der Waals surface area contributed by atoms with Crippen molar-refractivity contribution in [3.05, 3.63) is 41.2 Å². The van der Waals surface area contributed by atoms with Gasteiger partial charge in [0.05, 0.1) is 12.2 Å². The van der Waals surface area contributed by atoms with Crippen LogP contribution in [0.15, 0.2) is 24.3 Å². The summed E-state index contributed by atoms with van der Waals surface area (Å²) in [6.07, 6.45) is -0.129. The summed E-state index contributed by atoms with van der Waals surface area (Å²) < 4.78 is 13.4. The monoisotopic (exact) mass is 329 g/mol. The minimum atomic E-state index is -0.537. The molecule has 1 aliphatic heterocycles. The Balaban J connectivity index is 1.60. The topological polar surface area (TPSA) is 79.4 Å². The highest BCUT2D eigenvalue weighted by Gasteiger charge is 2.29. The third-order valence-corrected chi connectivity index (χ3v) is 4.23. The molecule has 2 aromatic rings. The number of benzene rings is 1. The molecule has 1 aromatic heterocycles. The number of rotatable bonds is 4. The molecular formula is C18H23N3O3. The molecule has 1 aliphatic rings. The molecule has 0 spiro atoms. The maximum absolute atomic E-state index is 11.3. The lowest BCUT2D eigenvalue weighted by molar-refractivity contribution is 0.0992. The van der Waals surface area contributed by atoms with E-state index in [-0.39, 0.29) is 17.2 Å². The number of hydrogen-bond acceptors (Lipinski definition) is 4. The van der Waals surface area contributed by atoms with Gasteiger partial charge in [-0.2, -0.15) is 4.98 Å². The van der Waals surface area contributed by atoms with Crippen molar-refractivity contribution in [2.45, 2.75) is 45.8 Å². The van der Waals surface area contributed by atoms with Gasteiger partial charge in [-0.15, -0.1) is 0 Å². The van der Waals surface area contributed by atoms with E-state index in [4.69, 9.17) is 15.2 Å². The predicted molar refractivity (Wildman–Crippen MR) is 90.5 cm³/mol. The van der Waals surface area contributed by atoms with Gasteiger partial charge < -0.3 is 15.2 Å². The number of carbonyl (C=O) groups excluding carboxylic acids is 1. The van der Waals surface area contributed by atoms with Crippen molar-refractivity contribution in [3.63, 3.8) is 0 Å². The van der Waals surface area contributed by atoms with E-state index < -0.39 is 5.91 Å². The largest absolute Gasteiger partial charge is 0.490 e. The summed E-state index contributed by atoms with van der Waals surface area (Å²) in [5.41, 5.74) is 7.68. The Morgan fingerprint density at radius 1 is 1.38 bits per heavy atom. The van der Waals surface area contributed by atoms with E-state index >= 15 is 0 Å². The average molecular weight is 329 g/mol. The summed E-state index contributed by atoms with van der Waals surface area (Å²) in [6, 6.07) is 8.55. The Labute approximate surface area is 141 Å². The van der Waals surface area contributed by atoms with Crippen LogP contribution in [0, 0.1) is 6.92 Å². The molecule has 0 saturated heterocycles. The number of amides is 1. The summed E-state index contributed by atoms with van der Waals surface area (Å²) >= 11 is 0. The summed E-state index contributed by atoms with van der Waals surface area (Å²) in [5, 5.41) is 0. The van der Waals surface area contributed by atoms with Crippen molar-refractivity contribution in [3.8, 4) is 11.8 Å². The molecule has 6 nitrogen and oxygen atoms in total. The molecule has 6 heteroatoms. The standard InChI is InChI=1S/C18H23N3O3/c1-11-15(16(19)22)20-17-21(11)9-14(24-17)10-23-13-7-5-12(6-8-13)18(2,3)4/h5-8,14H,9-10H2,1-4H3,(H2,19,22). The van der Waals surface area contributed by atoms with Crippen LogP contribution in [0.2, 0.25) is 0 Å². The fourth-order valence-electron chi connectivity index (χ4n) is 2.76. The second-order valence-electron chi connectivity index (χ2n) is 7.13. The van der Waals surface area contributed by atoms with Gasteiger partial charge in [-0.1, -0.05) is 32.9 Å². The number of carbonyl (C=O) groups is 1. The maximum atomic E-state index is 11.3. The highest BCUT2D eigenvalue weighted by molar-refractivity contribution is 5.92. The second-order valence-corrected chi connectivity index (χ2v) is 7.13. The zero-order chi connectivity index (χ0) is 17.5. The first-order valence-corrected chi connectivity index (χ1v) is 8.02. The van der Waals surface area contributed by atoms with Crippen molar-refractivity contribution in [2.75, 3.05) is 6.61 Å². The molecule has 0 aliphatic carbocycles. The van der Waals surface area contributed by atoms with Crippen LogP contribution in [0.3, 0.4) is 0 Å². The Hall–Kier alpha value is -2.50. The number of imidazole rings is 1. The number of fused-ring (bicyclic) bond motifs is 1. The SMILES string of the molecule is Cc1c(C(N)=O)nc2n1CC(COc1ccc(C(C)(C)C)cc1)O2. The van der Waals surface area contributed by atoms with E-state index in [0.717, 1.165) is 11.4 Å². The Kier molecular flexibility index (Phi) is 3.99. The van der Waals surface area contributed by atoms with Crippen LogP contribution in [0.4, 0.5) is 0 Å². The van der Waals surface area contributed by atoms with Gasteiger partial charge >= 0.3 is 0 Å². The predicted octanol–water partition coefficient (Wildman–Crippen LogP) is 2.43. The van der Waals surface area contributed by atoms with E-state index in [9.17, 15) is 4.79 Å². The van der Waals surface area contributed by atoms with Gasteiger partial charge in [-0.3, -0.25) is 9.36 Å². The summed E-state index contributed by atoms with van der Waals surface area (Å²) in [4.78, 5) is 15.4. The minimum absolute atomic E-state index is 0.123. The Morgan fingerprint density at radius 2 is 2.04 bits per heavy atom. The van der Waals surface area contributed by atoms with Crippen LogP contribution >= 0.6 is 0 Å². The molecule has 2 N–H and O–H groups in total. The van der Waals surface area contributed by atoms with Crippen molar-refractivity contribution in [1.29, 1.82) is 0 Å². The van der Waals surface area contributed by atoms with Crippen molar-refractivity contribution in [2.24, 2.45) is 5.73 Å². The lowest BCUT2D eigenvalue weighted by Crippen LogP contribution is -2.24. The van der Waals surface area contributed by atoms with Crippen molar-refractivity contribution >= 4 is 5.91 Å². The van der Waals surface area contributed by atoms with Gasteiger partial charge in [0.25, 0.3) is 11.9 Å². The second kappa shape index (κ2) is 5.85. The zero-order valence-electron chi connectivity index (χ0n) is 14.5. The maximum Gasteiger partial charge on any atom is 0.297 e. The smallest absolute Gasteiger partial charge is 0.297 e. The molecule has 0 fully saturated rings. The van der Waals surface area contributed by atoms with E-state index in [1.54, 1.807) is 0 Å². The zero-order valence-corrected chi connectivity index (χ0v) is 14.5. The Bertz CT molecular complexity index is 757. The first-order valence-electron chi connectivity index (χ1n) is 8.02. The molecule has 1 unspecified atom stereocenters. The fraction of sp³-hybridized carbons (Fsp3) is 0.444. The highest BCUT2D eigenvalue weighted by atomic mass is 16.6. The van der Waals surface area contributed by atoms with Gasteiger partial charge in [-0.25, -0.2) is 0 Å². The molecule has 24 heavy (non-hydrogen) atoms. The van der Waals surface area contributed by atoms with Crippen molar-refractivity contribution in [1.82, 2.24) is 9.55 Å². The summed E-state index contributed by atoms with van der Waals surface area (Å²) in [7, 11) is 0. The molecule has 1 atom stereocenters. The third kappa shape index (κ3) is 3.09. The van der Waals surface area contributed by atoms with E-state index in [0.29, 0.717) is 19.2 Å². The van der Waals surface area contributed by atoms with Gasteiger partial charge in [0, 0.05) is 0 Å². The number of aromatic nitrogens is 2. The molecule has 2 heterocycles. The molecule has 1 amide bonds. The highest BCUT2D eigenvalue weighted by Crippen LogP contribution is 2.27. The Morgan fingerprint density at radius 3 is 2.58 bits per heavy atom. The lowest BCUT2D eigenvalue weighted by atomic mass is 9.87. The average Bonchev–Trinajstić information content (AvgIpc) is 3.04. The van der Waals surface area contributed by atoms with Crippen LogP contribution in [-0.4, -0.2) is 28.2 Å². The first-order chi connectivity index (χ1) is 11.3. The number of hydrogen-bond donors (Lipinski definition) is 1. The normalized spacial score (nSPS) is 16.6. The number of nitrogens with zero attached hydrogens (tertiary/aromatic N) is 2. The quantitative estimate of drug-likeness (QED) is 0.934. The van der Waals surface area contributed by atoms with Gasteiger partial charge in [-0.05, 0) is 30.0 Å². The van der Waals surface area contributed by atoms with Gasteiger partial charge in [0.2, 0.25) is 0 Å². The summed E-state index contributed by atoms with van der Waals surface area (Å²) in [5.74, 6) is 0.274.